The van der Waals surface area contributed by atoms with Gasteiger partial charge in [0.05, 0.1) is 21.2 Å². The van der Waals surface area contributed by atoms with Crippen LogP contribution in [0.3, 0.4) is 0 Å². The third kappa shape index (κ3) is 16.1. The Morgan fingerprint density at radius 3 is 1.62 bits per heavy atom. The Bertz CT molecular complexity index is 2190. The van der Waals surface area contributed by atoms with Gasteiger partial charge in [0, 0.05) is 11.1 Å². The van der Waals surface area contributed by atoms with Crippen LogP contribution in [-0.4, -0.2) is 39.3 Å². The van der Waals surface area contributed by atoms with Crippen LogP contribution in [-0.2, 0) is 36.1 Å². The summed E-state index contributed by atoms with van der Waals surface area (Å²) in [5.74, 6) is -1.32. The number of alkyl halides is 1. The van der Waals surface area contributed by atoms with Crippen LogP contribution in [0.4, 0.5) is 11.4 Å². The van der Waals surface area contributed by atoms with Crippen molar-refractivity contribution in [1.82, 2.24) is 0 Å². The molecule has 0 saturated heterocycles. The van der Waals surface area contributed by atoms with Gasteiger partial charge in [-0.1, -0.05) is 159 Å². The summed E-state index contributed by atoms with van der Waals surface area (Å²) >= 11 is 6.79. The molecule has 61 heavy (non-hydrogen) atoms. The van der Waals surface area contributed by atoms with Gasteiger partial charge in [0.1, 0.15) is 18.1 Å². The van der Waals surface area contributed by atoms with Crippen LogP contribution < -0.4 is 19.5 Å². The number of ketones is 1. The molecule has 332 valence electrons. The molecular weight excluding hydrogens is 832 g/mol. The lowest BCUT2D eigenvalue weighted by Gasteiger charge is -2.31. The molecule has 4 aromatic carbocycles. The van der Waals surface area contributed by atoms with Gasteiger partial charge in [0.15, 0.2) is 0 Å². The zero-order valence-corrected chi connectivity index (χ0v) is 38.5. The van der Waals surface area contributed by atoms with E-state index in [0.29, 0.717) is 18.8 Å². The van der Waals surface area contributed by atoms with Crippen LogP contribution in [0.2, 0.25) is 0 Å². The normalized spacial score (nSPS) is 12.9. The number of sulfonamides is 1. The van der Waals surface area contributed by atoms with E-state index in [1.807, 2.05) is 30.3 Å². The summed E-state index contributed by atoms with van der Waals surface area (Å²) in [5, 5.41) is 0.0302. The van der Waals surface area contributed by atoms with E-state index in [1.165, 1.54) is 113 Å². The average Bonchev–Trinajstić information content (AvgIpc) is 3.23. The minimum absolute atomic E-state index is 0.0309. The SMILES string of the molecule is CCCCCCCCCCCCCCCCS(=O)(=O)Nc1cccc(NC(=O)C(Cl)(Oc2ccc(S(=O)(=O)c3ccc(OCc4ccccc4)cc3)cc2)C(=O)C(C)(C)C)c1. The molecule has 0 aliphatic rings. The van der Waals surface area contributed by atoms with Crippen molar-refractivity contribution in [2.75, 3.05) is 15.8 Å². The van der Waals surface area contributed by atoms with E-state index in [9.17, 15) is 26.4 Å². The quantitative estimate of drug-likeness (QED) is 0.0342. The molecule has 0 heterocycles. The third-order valence-corrected chi connectivity index (χ3v) is 13.8. The summed E-state index contributed by atoms with van der Waals surface area (Å²) in [6, 6.07) is 27.0. The maximum Gasteiger partial charge on any atom is 0.320 e. The molecule has 0 aliphatic carbocycles. The summed E-state index contributed by atoms with van der Waals surface area (Å²) in [5.41, 5.74) is 0.251. The largest absolute Gasteiger partial charge is 0.489 e. The van der Waals surface area contributed by atoms with E-state index in [2.05, 4.69) is 17.0 Å². The number of anilines is 2. The first-order valence-electron chi connectivity index (χ1n) is 21.5. The monoisotopic (exact) mass is 894 g/mol. The number of sulfone groups is 1. The number of halogens is 1. The fourth-order valence-corrected chi connectivity index (χ4v) is 9.56. The van der Waals surface area contributed by atoms with Gasteiger partial charge in [-0.25, -0.2) is 16.8 Å². The van der Waals surface area contributed by atoms with E-state index < -0.39 is 42.0 Å². The number of amides is 1. The summed E-state index contributed by atoms with van der Waals surface area (Å²) < 4.78 is 67.1. The number of Topliss-reactive ketones (excluding diaryl/α,β-unsaturated/α-hetero) is 1. The topological polar surface area (TPSA) is 145 Å². The minimum Gasteiger partial charge on any atom is -0.489 e. The van der Waals surface area contributed by atoms with Crippen molar-refractivity contribution in [1.29, 1.82) is 0 Å². The number of nitrogens with one attached hydrogen (secondary N) is 2. The predicted molar refractivity (Wildman–Crippen MR) is 246 cm³/mol. The number of benzene rings is 4. The number of unbranched alkanes of at least 4 members (excludes halogenated alkanes) is 13. The van der Waals surface area contributed by atoms with Gasteiger partial charge in [-0.3, -0.25) is 14.3 Å². The molecule has 0 aliphatic heterocycles. The molecule has 0 spiro atoms. The first kappa shape index (κ1) is 49.3. The minimum atomic E-state index is -3.95. The van der Waals surface area contributed by atoms with Gasteiger partial charge in [-0.15, -0.1) is 0 Å². The Hall–Kier alpha value is -4.39. The van der Waals surface area contributed by atoms with Crippen molar-refractivity contribution in [3.63, 3.8) is 0 Å². The Morgan fingerprint density at radius 1 is 0.607 bits per heavy atom. The van der Waals surface area contributed by atoms with Crippen molar-refractivity contribution < 1.29 is 35.9 Å². The number of rotatable bonds is 27. The molecule has 0 saturated carbocycles. The second-order valence-electron chi connectivity index (χ2n) is 16.5. The van der Waals surface area contributed by atoms with E-state index in [4.69, 9.17) is 21.1 Å². The highest BCUT2D eigenvalue weighted by Crippen LogP contribution is 2.34. The zero-order valence-electron chi connectivity index (χ0n) is 36.1. The first-order chi connectivity index (χ1) is 29.0. The first-order valence-corrected chi connectivity index (χ1v) is 25.0. The Kier molecular flexibility index (Phi) is 19.2. The highest BCUT2D eigenvalue weighted by Gasteiger charge is 2.51. The van der Waals surface area contributed by atoms with Gasteiger partial charge in [-0.05, 0) is 78.7 Å². The lowest BCUT2D eigenvalue weighted by atomic mass is 9.86. The molecule has 4 aromatic rings. The van der Waals surface area contributed by atoms with Gasteiger partial charge in [0.2, 0.25) is 25.6 Å². The molecule has 1 unspecified atom stereocenters. The third-order valence-electron chi connectivity index (χ3n) is 10.2. The van der Waals surface area contributed by atoms with E-state index >= 15 is 0 Å². The molecule has 1 amide bonds. The van der Waals surface area contributed by atoms with Crippen LogP contribution in [0, 0.1) is 5.41 Å². The second-order valence-corrected chi connectivity index (χ2v) is 20.9. The Balaban J connectivity index is 1.30. The molecule has 0 bridgehead atoms. The second kappa shape index (κ2) is 23.7. The Morgan fingerprint density at radius 2 is 1.10 bits per heavy atom. The fourth-order valence-electron chi connectivity index (χ4n) is 6.71. The van der Waals surface area contributed by atoms with Crippen molar-refractivity contribution in [2.24, 2.45) is 5.41 Å². The van der Waals surface area contributed by atoms with Crippen molar-refractivity contribution >= 4 is 54.5 Å². The van der Waals surface area contributed by atoms with Crippen LogP contribution in [0.1, 0.15) is 123 Å². The number of hydrogen-bond acceptors (Lipinski definition) is 8. The molecule has 4 rings (SSSR count). The van der Waals surface area contributed by atoms with Gasteiger partial charge < -0.3 is 14.8 Å². The highest BCUT2D eigenvalue weighted by atomic mass is 35.5. The maximum atomic E-state index is 13.8. The number of carbonyl (C=O) groups excluding carboxylic acids is 2. The molecule has 1 atom stereocenters. The van der Waals surface area contributed by atoms with Crippen LogP contribution in [0.5, 0.6) is 11.5 Å². The molecule has 2 N–H and O–H groups in total. The predicted octanol–water partition coefficient (Wildman–Crippen LogP) is 11.9. The van der Waals surface area contributed by atoms with Gasteiger partial charge in [0.25, 0.3) is 5.91 Å². The lowest BCUT2D eigenvalue weighted by Crippen LogP contribution is -2.54. The maximum absolute atomic E-state index is 13.8. The molecule has 0 aromatic heterocycles. The number of hydrogen-bond donors (Lipinski definition) is 2. The summed E-state index contributed by atoms with van der Waals surface area (Å²) in [7, 11) is -7.61. The summed E-state index contributed by atoms with van der Waals surface area (Å²) in [4.78, 5) is 27.5. The molecule has 0 radical (unpaired) electrons. The molecule has 13 heteroatoms. The van der Waals surface area contributed by atoms with E-state index in [-0.39, 0.29) is 32.7 Å². The molecule has 0 fully saturated rings. The molecule has 10 nitrogen and oxygen atoms in total. The van der Waals surface area contributed by atoms with Crippen molar-refractivity contribution in [2.45, 2.75) is 139 Å². The van der Waals surface area contributed by atoms with Gasteiger partial charge in [-0.2, -0.15) is 0 Å². The van der Waals surface area contributed by atoms with Crippen LogP contribution in [0.25, 0.3) is 0 Å². The van der Waals surface area contributed by atoms with Crippen LogP contribution >= 0.6 is 11.6 Å². The summed E-state index contributed by atoms with van der Waals surface area (Å²) in [6.45, 7) is 7.33. The average molecular weight is 896 g/mol. The Labute approximate surface area is 369 Å². The zero-order chi connectivity index (χ0) is 44.4. The summed E-state index contributed by atoms with van der Waals surface area (Å²) in [6.07, 6.45) is 16.4. The van der Waals surface area contributed by atoms with Crippen LogP contribution in [0.15, 0.2) is 113 Å². The van der Waals surface area contributed by atoms with E-state index in [1.54, 1.807) is 45.0 Å². The number of ether oxygens (including phenoxy) is 2. The fraction of sp³-hybridized carbons (Fsp3) is 0.458. The van der Waals surface area contributed by atoms with Gasteiger partial charge >= 0.3 is 5.06 Å². The smallest absolute Gasteiger partial charge is 0.320 e. The van der Waals surface area contributed by atoms with Crippen molar-refractivity contribution in [3.05, 3.63) is 109 Å². The van der Waals surface area contributed by atoms with Crippen molar-refractivity contribution in [3.8, 4) is 11.5 Å². The lowest BCUT2D eigenvalue weighted by molar-refractivity contribution is -0.144. The van der Waals surface area contributed by atoms with E-state index in [0.717, 1.165) is 24.8 Å². The molecular formula is C48H63ClN2O8S2. The number of carbonyl (C=O) groups is 2. The highest BCUT2D eigenvalue weighted by molar-refractivity contribution is 7.92. The standard InChI is InChI=1S/C48H63ClN2O8S2/c1-5-6-7-8-9-10-11-12-13-14-15-16-17-21-35-60(54,55)51-40-26-22-25-39(36-40)50-46(53)48(49,45(52)47(2,3)4)59-42-29-33-44(34-30-42)61(56,57)43-31-27-41(28-32-43)58-37-38-23-19-18-20-24-38/h18-20,22-34,36,51H,5-17,21,35,37H2,1-4H3,(H,50,53).